The third kappa shape index (κ3) is 2.29. The fourth-order valence-corrected chi connectivity index (χ4v) is 2.40. The topological polar surface area (TPSA) is 109 Å². The average Bonchev–Trinajstić information content (AvgIpc) is 2.01. The van der Waals surface area contributed by atoms with E-state index in [9.17, 15) is 16.8 Å². The van der Waals surface area contributed by atoms with Crippen molar-refractivity contribution in [2.45, 2.75) is 9.79 Å². The summed E-state index contributed by atoms with van der Waals surface area (Å²) in [5, 5.41) is 0. The van der Waals surface area contributed by atoms with Crippen LogP contribution in [0.5, 0.6) is 0 Å². The summed E-state index contributed by atoms with van der Waals surface area (Å²) in [5.41, 5.74) is 0. The van der Waals surface area contributed by atoms with Crippen molar-refractivity contribution >= 4 is 20.2 Å². The Morgan fingerprint density at radius 2 is 1.14 bits per heavy atom. The van der Waals surface area contributed by atoms with Crippen LogP contribution in [0.25, 0.3) is 0 Å². The zero-order chi connectivity index (χ0) is 11.0. The molecule has 0 atom stereocenters. The van der Waals surface area contributed by atoms with Gasteiger partial charge in [0.25, 0.3) is 20.2 Å². The summed E-state index contributed by atoms with van der Waals surface area (Å²) >= 11 is 0. The first kappa shape index (κ1) is 11.1. The van der Waals surface area contributed by atoms with Crippen LogP contribution in [0.15, 0.2) is 21.9 Å². The molecule has 0 bridgehead atoms. The van der Waals surface area contributed by atoms with Crippen LogP contribution in [-0.2, 0) is 20.2 Å². The molecule has 14 heavy (non-hydrogen) atoms. The molecular weight excluding hydrogens is 232 g/mol. The van der Waals surface area contributed by atoms with Gasteiger partial charge >= 0.3 is 0 Å². The minimum Gasteiger partial charge on any atom is -0.282 e. The van der Waals surface area contributed by atoms with Crippen LogP contribution in [0.1, 0.15) is 0 Å². The Hall–Kier alpha value is -0.960. The van der Waals surface area contributed by atoms with Gasteiger partial charge in [-0.2, -0.15) is 16.8 Å². The second kappa shape index (κ2) is 3.31. The molecule has 6 nitrogen and oxygen atoms in total. The lowest BCUT2D eigenvalue weighted by Gasteiger charge is -2.01. The summed E-state index contributed by atoms with van der Waals surface area (Å²) in [7, 11) is -9.49. The third-order valence-corrected chi connectivity index (χ3v) is 3.04. The number of benzene rings is 1. The maximum absolute atomic E-state index is 10.6. The molecule has 0 heterocycles. The van der Waals surface area contributed by atoms with Gasteiger partial charge in [0.2, 0.25) is 0 Å². The molecule has 0 amide bonds. The van der Waals surface area contributed by atoms with Crippen molar-refractivity contribution in [3.63, 3.8) is 0 Å². The summed E-state index contributed by atoms with van der Waals surface area (Å²) in [6.45, 7) is 0. The Kier molecular flexibility index (Phi) is 2.63. The van der Waals surface area contributed by atoms with Gasteiger partial charge in [0.1, 0.15) is 9.79 Å². The Bertz CT molecular complexity index is 490. The lowest BCUT2D eigenvalue weighted by molar-refractivity contribution is 0.466. The van der Waals surface area contributed by atoms with Crippen LogP contribution in [0.3, 0.4) is 0 Å². The Balaban J connectivity index is 3.64. The molecular formula is C6H4O6S2. The Morgan fingerprint density at radius 1 is 0.857 bits per heavy atom. The van der Waals surface area contributed by atoms with Crippen LogP contribution in [0, 0.1) is 12.1 Å². The van der Waals surface area contributed by atoms with E-state index in [4.69, 9.17) is 9.11 Å². The maximum atomic E-state index is 10.6. The molecule has 0 fully saturated rings. The van der Waals surface area contributed by atoms with E-state index in [0.717, 1.165) is 12.1 Å². The van der Waals surface area contributed by atoms with Gasteiger partial charge < -0.3 is 0 Å². The highest BCUT2D eigenvalue weighted by Crippen LogP contribution is 2.18. The average molecular weight is 236 g/mol. The number of hydrogen-bond donors (Lipinski definition) is 2. The zero-order valence-electron chi connectivity index (χ0n) is 6.50. The quantitative estimate of drug-likeness (QED) is 0.687. The molecule has 1 rings (SSSR count). The molecule has 1 aromatic rings. The van der Waals surface area contributed by atoms with E-state index < -0.39 is 30.0 Å². The summed E-state index contributed by atoms with van der Waals surface area (Å²) in [6, 6.07) is 6.03. The fourth-order valence-electron chi connectivity index (χ4n) is 0.749. The van der Waals surface area contributed by atoms with Gasteiger partial charge in [0, 0.05) is 12.1 Å². The fraction of sp³-hybridized carbons (Fsp3) is 0. The molecule has 0 aliphatic carbocycles. The van der Waals surface area contributed by atoms with E-state index in [1.54, 1.807) is 0 Å². The second-order valence-electron chi connectivity index (χ2n) is 2.23. The van der Waals surface area contributed by atoms with Crippen molar-refractivity contribution in [2.24, 2.45) is 0 Å². The first-order chi connectivity index (χ1) is 6.23. The van der Waals surface area contributed by atoms with Crippen LogP contribution in [0.4, 0.5) is 0 Å². The van der Waals surface area contributed by atoms with Crippen molar-refractivity contribution < 1.29 is 25.9 Å². The Morgan fingerprint density at radius 3 is 1.36 bits per heavy atom. The van der Waals surface area contributed by atoms with Crippen LogP contribution >= 0.6 is 0 Å². The predicted molar refractivity (Wildman–Crippen MR) is 43.7 cm³/mol. The molecule has 0 spiro atoms. The standard InChI is InChI=1S/C6H4O6S2/c7-13(8,9)5-3-1-2-4-6(5)14(10,11)12/h1-2H,(H,7,8,9)(H,10,11,12). The lowest BCUT2D eigenvalue weighted by Crippen LogP contribution is -2.08. The van der Waals surface area contributed by atoms with E-state index in [-0.39, 0.29) is 0 Å². The van der Waals surface area contributed by atoms with Gasteiger partial charge in [-0.25, -0.2) is 0 Å². The number of rotatable bonds is 2. The maximum Gasteiger partial charge on any atom is 0.296 e. The molecule has 0 unspecified atom stereocenters. The molecule has 76 valence electrons. The molecule has 2 radical (unpaired) electrons. The van der Waals surface area contributed by atoms with Gasteiger partial charge in [-0.3, -0.25) is 9.11 Å². The molecule has 0 saturated heterocycles. The molecule has 0 aliphatic heterocycles. The van der Waals surface area contributed by atoms with E-state index in [0.29, 0.717) is 0 Å². The van der Waals surface area contributed by atoms with Crippen molar-refractivity contribution in [2.75, 3.05) is 0 Å². The highest BCUT2D eigenvalue weighted by atomic mass is 32.2. The summed E-state index contributed by atoms with van der Waals surface area (Å²) < 4.78 is 59.7. The molecule has 0 aliphatic rings. The van der Waals surface area contributed by atoms with Crippen molar-refractivity contribution in [1.82, 2.24) is 0 Å². The largest absolute Gasteiger partial charge is 0.296 e. The zero-order valence-corrected chi connectivity index (χ0v) is 8.13. The minimum atomic E-state index is -4.74. The second-order valence-corrected chi connectivity index (χ2v) is 4.95. The monoisotopic (exact) mass is 236 g/mol. The molecule has 8 heteroatoms. The smallest absolute Gasteiger partial charge is 0.282 e. The van der Waals surface area contributed by atoms with Crippen LogP contribution in [-0.4, -0.2) is 25.9 Å². The van der Waals surface area contributed by atoms with Gasteiger partial charge in [0.15, 0.2) is 0 Å². The minimum absolute atomic E-state index is 1.03. The summed E-state index contributed by atoms with van der Waals surface area (Å²) in [5.74, 6) is 0. The molecule has 1 aromatic carbocycles. The summed E-state index contributed by atoms with van der Waals surface area (Å²) in [4.78, 5) is -2.05. The highest BCUT2D eigenvalue weighted by molar-refractivity contribution is 7.89. The van der Waals surface area contributed by atoms with Gasteiger partial charge in [0.05, 0.1) is 0 Å². The lowest BCUT2D eigenvalue weighted by atomic mass is 10.4. The summed E-state index contributed by atoms with van der Waals surface area (Å²) in [6.07, 6.45) is 0. The van der Waals surface area contributed by atoms with E-state index >= 15 is 0 Å². The van der Waals surface area contributed by atoms with E-state index in [2.05, 4.69) is 0 Å². The molecule has 0 aromatic heterocycles. The van der Waals surface area contributed by atoms with Crippen LogP contribution in [0.2, 0.25) is 0 Å². The van der Waals surface area contributed by atoms with E-state index in [1.807, 2.05) is 12.1 Å². The normalized spacial score (nSPS) is 12.7. The first-order valence-electron chi connectivity index (χ1n) is 3.10. The number of hydrogen-bond acceptors (Lipinski definition) is 4. The highest BCUT2D eigenvalue weighted by Gasteiger charge is 2.23. The van der Waals surface area contributed by atoms with Crippen molar-refractivity contribution in [1.29, 1.82) is 0 Å². The van der Waals surface area contributed by atoms with E-state index in [1.165, 1.54) is 0 Å². The molecule has 2 N–H and O–H groups in total. The SMILES string of the molecule is O=S(=O)(O)c1[c]cc[c]c1S(=O)(=O)O. The third-order valence-electron chi connectivity index (χ3n) is 1.23. The van der Waals surface area contributed by atoms with Crippen molar-refractivity contribution in [3.05, 3.63) is 24.3 Å². The van der Waals surface area contributed by atoms with Gasteiger partial charge in [-0.15, -0.1) is 0 Å². The Labute approximate surface area is 80.7 Å². The first-order valence-corrected chi connectivity index (χ1v) is 5.98. The van der Waals surface area contributed by atoms with Crippen molar-refractivity contribution in [3.8, 4) is 0 Å². The van der Waals surface area contributed by atoms with Crippen LogP contribution < -0.4 is 0 Å². The predicted octanol–water partition coefficient (Wildman–Crippen LogP) is -0.220. The molecule has 0 saturated carbocycles. The van der Waals surface area contributed by atoms with Gasteiger partial charge in [-0.05, 0) is 0 Å². The van der Waals surface area contributed by atoms with Gasteiger partial charge in [-0.1, -0.05) is 12.1 Å².